The van der Waals surface area contributed by atoms with Gasteiger partial charge in [0.05, 0.1) is 22.5 Å². The van der Waals surface area contributed by atoms with E-state index < -0.39 is 0 Å². The molecule has 2 aliphatic carbocycles. The Morgan fingerprint density at radius 1 is 1.03 bits per heavy atom. The van der Waals surface area contributed by atoms with E-state index in [2.05, 4.69) is 10.6 Å². The fourth-order valence-electron chi connectivity index (χ4n) is 5.08. The highest BCUT2D eigenvalue weighted by Gasteiger charge is 2.63. The zero-order chi connectivity index (χ0) is 20.1. The van der Waals surface area contributed by atoms with Gasteiger partial charge in [0, 0.05) is 17.2 Å². The lowest BCUT2D eigenvalue weighted by Crippen LogP contribution is -2.35. The van der Waals surface area contributed by atoms with Crippen LogP contribution in [-0.4, -0.2) is 23.9 Å². The molecule has 1 saturated heterocycles. The Labute approximate surface area is 172 Å². The lowest BCUT2D eigenvalue weighted by Gasteiger charge is -2.23. The van der Waals surface area contributed by atoms with Crippen molar-refractivity contribution in [3.8, 4) is 0 Å². The highest BCUT2D eigenvalue weighted by Crippen LogP contribution is 2.57. The number of hydrogen-bond donors (Lipinski definition) is 2. The Kier molecular flexibility index (Phi) is 4.32. The zero-order valence-corrected chi connectivity index (χ0v) is 16.2. The highest BCUT2D eigenvalue weighted by molar-refractivity contribution is 6.33. The Bertz CT molecular complexity index is 1020. The van der Waals surface area contributed by atoms with Gasteiger partial charge in [0.2, 0.25) is 5.91 Å². The molecule has 0 radical (unpaired) electrons. The van der Waals surface area contributed by atoms with Gasteiger partial charge in [-0.15, -0.1) is 0 Å². The number of rotatable bonds is 4. The minimum atomic E-state index is -0.355. The Morgan fingerprint density at radius 3 is 2.69 bits per heavy atom. The van der Waals surface area contributed by atoms with Gasteiger partial charge < -0.3 is 15.4 Å². The molecule has 2 aromatic carbocycles. The van der Waals surface area contributed by atoms with E-state index in [1.807, 2.05) is 0 Å². The maximum absolute atomic E-state index is 12.9. The van der Waals surface area contributed by atoms with Crippen molar-refractivity contribution in [2.24, 2.45) is 23.7 Å². The molecule has 3 fully saturated rings. The van der Waals surface area contributed by atoms with Gasteiger partial charge in [-0.2, -0.15) is 0 Å². The van der Waals surface area contributed by atoms with Crippen LogP contribution < -0.4 is 10.6 Å². The van der Waals surface area contributed by atoms with Crippen LogP contribution in [0.5, 0.6) is 0 Å². The number of nitrogens with one attached hydrogen (secondary N) is 2. The number of carbonyl (C=O) groups excluding carboxylic acids is 3. The number of ether oxygens (including phenoxy) is 1. The third kappa shape index (κ3) is 3.08. The van der Waals surface area contributed by atoms with Crippen molar-refractivity contribution in [2.75, 3.05) is 10.6 Å². The van der Waals surface area contributed by atoms with Crippen LogP contribution in [0.1, 0.15) is 23.2 Å². The maximum atomic E-state index is 12.9. The number of halogens is 1. The van der Waals surface area contributed by atoms with Crippen LogP contribution in [0.3, 0.4) is 0 Å². The predicted octanol–water partition coefficient (Wildman–Crippen LogP) is 3.73. The topological polar surface area (TPSA) is 84.5 Å². The first-order chi connectivity index (χ1) is 14.0. The van der Waals surface area contributed by atoms with Crippen LogP contribution in [0.25, 0.3) is 0 Å². The standard InChI is InChI=1S/C22H19ClN2O4/c23-15-6-1-2-7-16(15)25-20(26)11-4-3-5-13(8-11)24-21(27)18-12-9-14-17(10-12)29-22(28)19(14)18/h1-8,12,14,17-19H,9-10H2,(H,24,27)(H,25,26)/t12-,14-,17+,18-,19-/m1/s1. The van der Waals surface area contributed by atoms with Crippen LogP contribution in [0.4, 0.5) is 11.4 Å². The van der Waals surface area contributed by atoms with E-state index in [0.29, 0.717) is 22.0 Å². The van der Waals surface area contributed by atoms with Crippen LogP contribution in [0.15, 0.2) is 48.5 Å². The fraction of sp³-hybridized carbons (Fsp3) is 0.318. The summed E-state index contributed by atoms with van der Waals surface area (Å²) in [5.41, 5.74) is 1.44. The molecule has 7 heteroatoms. The lowest BCUT2D eigenvalue weighted by atomic mass is 9.79. The first-order valence-electron chi connectivity index (χ1n) is 9.68. The quantitative estimate of drug-likeness (QED) is 0.752. The van der Waals surface area contributed by atoms with Gasteiger partial charge in [-0.3, -0.25) is 14.4 Å². The summed E-state index contributed by atoms with van der Waals surface area (Å²) in [5, 5.41) is 6.10. The minimum Gasteiger partial charge on any atom is -0.462 e. The molecule has 2 N–H and O–H groups in total. The van der Waals surface area contributed by atoms with E-state index in [1.54, 1.807) is 48.5 Å². The first kappa shape index (κ1) is 18.2. The summed E-state index contributed by atoms with van der Waals surface area (Å²) < 4.78 is 5.40. The highest BCUT2D eigenvalue weighted by atomic mass is 35.5. The van der Waals surface area contributed by atoms with Gasteiger partial charge in [-0.25, -0.2) is 0 Å². The van der Waals surface area contributed by atoms with Crippen LogP contribution in [0, 0.1) is 23.7 Å². The smallest absolute Gasteiger partial charge is 0.310 e. The number of para-hydroxylation sites is 1. The molecule has 29 heavy (non-hydrogen) atoms. The van der Waals surface area contributed by atoms with Gasteiger partial charge in [0.25, 0.3) is 5.91 Å². The molecule has 0 unspecified atom stereocenters. The van der Waals surface area contributed by atoms with Gasteiger partial charge in [0.15, 0.2) is 0 Å². The third-order valence-electron chi connectivity index (χ3n) is 6.30. The molecule has 5 atom stereocenters. The average Bonchev–Trinajstić information content (AvgIpc) is 3.32. The Balaban J connectivity index is 1.30. The summed E-state index contributed by atoms with van der Waals surface area (Å²) in [6.07, 6.45) is 1.64. The van der Waals surface area contributed by atoms with Crippen molar-refractivity contribution in [3.05, 3.63) is 59.1 Å². The summed E-state index contributed by atoms with van der Waals surface area (Å²) in [6, 6.07) is 13.7. The van der Waals surface area contributed by atoms with Crippen LogP contribution in [-0.2, 0) is 14.3 Å². The number of hydrogen-bond acceptors (Lipinski definition) is 4. The van der Waals surface area contributed by atoms with Crippen LogP contribution >= 0.6 is 11.6 Å². The average molecular weight is 411 g/mol. The lowest BCUT2D eigenvalue weighted by molar-refractivity contribution is -0.145. The summed E-state index contributed by atoms with van der Waals surface area (Å²) in [6.45, 7) is 0. The monoisotopic (exact) mass is 410 g/mol. The van der Waals surface area contributed by atoms with E-state index in [-0.39, 0.29) is 47.6 Å². The number of carbonyl (C=O) groups is 3. The fourth-order valence-corrected chi connectivity index (χ4v) is 5.27. The molecular formula is C22H19ClN2O4. The molecule has 1 aliphatic heterocycles. The second kappa shape index (κ2) is 6.88. The molecule has 3 aliphatic rings. The maximum Gasteiger partial charge on any atom is 0.310 e. The molecule has 2 amide bonds. The largest absolute Gasteiger partial charge is 0.462 e. The summed E-state index contributed by atoms with van der Waals surface area (Å²) in [7, 11) is 0. The Morgan fingerprint density at radius 2 is 1.86 bits per heavy atom. The van der Waals surface area contributed by atoms with Gasteiger partial charge >= 0.3 is 5.97 Å². The first-order valence-corrected chi connectivity index (χ1v) is 10.1. The second-order valence-electron chi connectivity index (χ2n) is 7.93. The number of fused-ring (bicyclic) bond motifs is 1. The van der Waals surface area contributed by atoms with Gasteiger partial charge in [-0.05, 0) is 49.1 Å². The van der Waals surface area contributed by atoms with Crippen molar-refractivity contribution in [1.82, 2.24) is 0 Å². The molecule has 0 spiro atoms. The molecule has 6 nitrogen and oxygen atoms in total. The molecule has 0 aromatic heterocycles. The zero-order valence-electron chi connectivity index (χ0n) is 15.4. The molecule has 2 saturated carbocycles. The van der Waals surface area contributed by atoms with Crippen molar-refractivity contribution in [2.45, 2.75) is 18.9 Å². The molecule has 148 valence electrons. The number of amides is 2. The van der Waals surface area contributed by atoms with Gasteiger partial charge in [-0.1, -0.05) is 29.8 Å². The number of esters is 1. The molecule has 1 heterocycles. The molecular weight excluding hydrogens is 392 g/mol. The molecule has 2 bridgehead atoms. The van der Waals surface area contributed by atoms with E-state index in [9.17, 15) is 14.4 Å². The van der Waals surface area contributed by atoms with Crippen molar-refractivity contribution in [1.29, 1.82) is 0 Å². The van der Waals surface area contributed by atoms with Crippen molar-refractivity contribution < 1.29 is 19.1 Å². The van der Waals surface area contributed by atoms with E-state index in [0.717, 1.165) is 12.8 Å². The third-order valence-corrected chi connectivity index (χ3v) is 6.63. The molecule has 2 aromatic rings. The normalized spacial score (nSPS) is 28.9. The predicted molar refractivity (Wildman–Crippen MR) is 108 cm³/mol. The summed E-state index contributed by atoms with van der Waals surface area (Å²) in [5.74, 6) is -1.06. The second-order valence-corrected chi connectivity index (χ2v) is 8.33. The summed E-state index contributed by atoms with van der Waals surface area (Å²) >= 11 is 6.09. The minimum absolute atomic E-state index is 0.00150. The van der Waals surface area contributed by atoms with E-state index >= 15 is 0 Å². The van der Waals surface area contributed by atoms with Crippen molar-refractivity contribution >= 4 is 40.8 Å². The summed E-state index contributed by atoms with van der Waals surface area (Å²) in [4.78, 5) is 37.6. The van der Waals surface area contributed by atoms with E-state index in [4.69, 9.17) is 16.3 Å². The van der Waals surface area contributed by atoms with Gasteiger partial charge in [0.1, 0.15) is 6.10 Å². The number of anilines is 2. The van der Waals surface area contributed by atoms with E-state index in [1.165, 1.54) is 0 Å². The SMILES string of the molecule is O=C(Nc1ccccc1Cl)c1cccc(NC(=O)[C@@H]2[C@@H]3C[C@H]4[C@H]2C(=O)O[C@H]4C3)c1. The Hall–Kier alpha value is -2.86. The molecule has 5 rings (SSSR count). The van der Waals surface area contributed by atoms with Crippen molar-refractivity contribution in [3.63, 3.8) is 0 Å². The number of benzene rings is 2. The van der Waals surface area contributed by atoms with Crippen LogP contribution in [0.2, 0.25) is 5.02 Å².